The first-order valence-electron chi connectivity index (χ1n) is 4.07. The Bertz CT molecular complexity index is 417. The second kappa shape index (κ2) is 4.14. The number of hydrogen-bond acceptors (Lipinski definition) is 4. The topological polar surface area (TPSA) is 59.1 Å². The summed E-state index contributed by atoms with van der Waals surface area (Å²) in [6.07, 6.45) is 1.40. The Morgan fingerprint density at radius 2 is 2.14 bits per heavy atom. The van der Waals surface area contributed by atoms with Gasteiger partial charge in [-0.1, -0.05) is 0 Å². The van der Waals surface area contributed by atoms with Crippen LogP contribution in [0.4, 0.5) is 5.82 Å². The fourth-order valence-corrected chi connectivity index (χ4v) is 1.70. The van der Waals surface area contributed by atoms with E-state index in [2.05, 4.69) is 10.3 Å². The van der Waals surface area contributed by atoms with Crippen molar-refractivity contribution in [1.29, 1.82) is 0 Å². The maximum absolute atomic E-state index is 11.0. The van der Waals surface area contributed by atoms with Crippen LogP contribution in [0, 0.1) is 0 Å². The average molecular weight is 235 g/mol. The molecule has 0 radical (unpaired) electrons. The van der Waals surface area contributed by atoms with Crippen LogP contribution in [0.25, 0.3) is 0 Å². The fourth-order valence-electron chi connectivity index (χ4n) is 0.938. The number of halogens is 1. The molecule has 0 aliphatic rings. The van der Waals surface area contributed by atoms with Crippen molar-refractivity contribution < 1.29 is 8.42 Å². The monoisotopic (exact) mass is 234 g/mol. The highest BCUT2D eigenvalue weighted by atomic mass is 35.7. The van der Waals surface area contributed by atoms with Crippen LogP contribution in [0.15, 0.2) is 23.2 Å². The Hall–Kier alpha value is -0.810. The maximum Gasteiger partial charge on any atom is 0.261 e. The number of anilines is 1. The molecule has 0 bridgehead atoms. The molecule has 0 unspecified atom stereocenters. The van der Waals surface area contributed by atoms with Crippen molar-refractivity contribution in [3.63, 3.8) is 0 Å². The molecule has 1 aromatic rings. The van der Waals surface area contributed by atoms with Crippen LogP contribution < -0.4 is 5.32 Å². The predicted octanol–water partition coefficient (Wildman–Crippen LogP) is 1.83. The fraction of sp³-hybridized carbons (Fsp3) is 0.375. The Morgan fingerprint density at radius 1 is 1.50 bits per heavy atom. The van der Waals surface area contributed by atoms with E-state index in [9.17, 15) is 8.42 Å². The highest BCUT2D eigenvalue weighted by Crippen LogP contribution is 2.17. The molecule has 6 heteroatoms. The van der Waals surface area contributed by atoms with Crippen molar-refractivity contribution in [2.45, 2.75) is 24.8 Å². The molecular weight excluding hydrogens is 224 g/mol. The number of nitrogens with zero attached hydrogens (tertiary/aromatic N) is 1. The lowest BCUT2D eigenvalue weighted by molar-refractivity contribution is 0.609. The van der Waals surface area contributed by atoms with Crippen LogP contribution in [0.2, 0.25) is 0 Å². The molecule has 1 rings (SSSR count). The van der Waals surface area contributed by atoms with E-state index in [1.165, 1.54) is 18.3 Å². The van der Waals surface area contributed by atoms with E-state index in [0.717, 1.165) is 0 Å². The van der Waals surface area contributed by atoms with Crippen molar-refractivity contribution in [2.24, 2.45) is 0 Å². The van der Waals surface area contributed by atoms with Crippen LogP contribution in [0.3, 0.4) is 0 Å². The van der Waals surface area contributed by atoms with E-state index in [0.29, 0.717) is 5.82 Å². The van der Waals surface area contributed by atoms with Gasteiger partial charge in [0.15, 0.2) is 0 Å². The van der Waals surface area contributed by atoms with Gasteiger partial charge in [-0.2, -0.15) is 0 Å². The highest BCUT2D eigenvalue weighted by molar-refractivity contribution is 8.13. The smallest absolute Gasteiger partial charge is 0.261 e. The van der Waals surface area contributed by atoms with E-state index >= 15 is 0 Å². The van der Waals surface area contributed by atoms with Gasteiger partial charge >= 0.3 is 0 Å². The molecular formula is C8H11ClN2O2S. The molecule has 78 valence electrons. The lowest BCUT2D eigenvalue weighted by Crippen LogP contribution is -2.11. The normalized spacial score (nSPS) is 11.7. The van der Waals surface area contributed by atoms with E-state index < -0.39 is 9.05 Å². The molecule has 1 aromatic heterocycles. The van der Waals surface area contributed by atoms with E-state index in [1.54, 1.807) is 0 Å². The molecule has 14 heavy (non-hydrogen) atoms. The lowest BCUT2D eigenvalue weighted by Gasteiger charge is -2.08. The first-order chi connectivity index (χ1) is 6.39. The molecule has 0 spiro atoms. The number of nitrogens with one attached hydrogen (secondary N) is 1. The Kier molecular flexibility index (Phi) is 3.34. The van der Waals surface area contributed by atoms with E-state index in [4.69, 9.17) is 10.7 Å². The summed E-state index contributed by atoms with van der Waals surface area (Å²) in [5.41, 5.74) is 0. The van der Waals surface area contributed by atoms with Crippen LogP contribution in [-0.4, -0.2) is 19.4 Å². The Balaban J connectivity index is 3.02. The minimum absolute atomic E-state index is 0.0531. The standard InChI is InChI=1S/C8H11ClN2O2S/c1-6(2)11-8-5-7(3-4-10-8)14(9,12)13/h3-6H,1-2H3,(H,10,11). The van der Waals surface area contributed by atoms with Crippen molar-refractivity contribution >= 4 is 25.6 Å². The summed E-state index contributed by atoms with van der Waals surface area (Å²) in [7, 11) is 1.51. The highest BCUT2D eigenvalue weighted by Gasteiger charge is 2.10. The zero-order valence-electron chi connectivity index (χ0n) is 7.86. The van der Waals surface area contributed by atoms with Gasteiger partial charge in [0.05, 0.1) is 4.90 Å². The Labute approximate surface area is 87.7 Å². The van der Waals surface area contributed by atoms with Crippen LogP contribution in [-0.2, 0) is 9.05 Å². The van der Waals surface area contributed by atoms with Crippen LogP contribution >= 0.6 is 10.7 Å². The van der Waals surface area contributed by atoms with Crippen molar-refractivity contribution in [3.8, 4) is 0 Å². The molecule has 0 aliphatic carbocycles. The third-order valence-corrected chi connectivity index (χ3v) is 2.80. The summed E-state index contributed by atoms with van der Waals surface area (Å²) in [6, 6.07) is 2.95. The molecule has 0 saturated carbocycles. The summed E-state index contributed by atoms with van der Waals surface area (Å²) >= 11 is 0. The molecule has 0 aromatic carbocycles. The summed E-state index contributed by atoms with van der Waals surface area (Å²) in [6.45, 7) is 3.87. The van der Waals surface area contributed by atoms with Gasteiger partial charge in [-0.15, -0.1) is 0 Å². The maximum atomic E-state index is 11.0. The lowest BCUT2D eigenvalue weighted by atomic mass is 10.4. The van der Waals surface area contributed by atoms with E-state index in [1.807, 2.05) is 13.8 Å². The summed E-state index contributed by atoms with van der Waals surface area (Å²) in [5, 5.41) is 2.98. The third kappa shape index (κ3) is 3.16. The molecule has 4 nitrogen and oxygen atoms in total. The molecule has 0 saturated heterocycles. The van der Waals surface area contributed by atoms with Crippen molar-refractivity contribution in [3.05, 3.63) is 18.3 Å². The van der Waals surface area contributed by atoms with Crippen molar-refractivity contribution in [1.82, 2.24) is 4.98 Å². The third-order valence-electron chi connectivity index (χ3n) is 1.45. The zero-order chi connectivity index (χ0) is 10.8. The SMILES string of the molecule is CC(C)Nc1cc(S(=O)(=O)Cl)ccn1. The molecule has 0 atom stereocenters. The van der Waals surface area contributed by atoms with E-state index in [-0.39, 0.29) is 10.9 Å². The largest absolute Gasteiger partial charge is 0.368 e. The molecule has 0 amide bonds. The quantitative estimate of drug-likeness (QED) is 0.811. The molecule has 1 N–H and O–H groups in total. The van der Waals surface area contributed by atoms with Gasteiger partial charge in [0.1, 0.15) is 5.82 Å². The molecule has 0 fully saturated rings. The second-order valence-electron chi connectivity index (χ2n) is 3.11. The number of rotatable bonds is 3. The van der Waals surface area contributed by atoms with Gasteiger partial charge in [0.2, 0.25) is 0 Å². The van der Waals surface area contributed by atoms with Gasteiger partial charge in [-0.3, -0.25) is 0 Å². The van der Waals surface area contributed by atoms with Gasteiger partial charge in [-0.25, -0.2) is 13.4 Å². The summed E-state index contributed by atoms with van der Waals surface area (Å²) in [4.78, 5) is 4.01. The molecule has 0 aliphatic heterocycles. The minimum atomic E-state index is -3.67. The predicted molar refractivity (Wildman–Crippen MR) is 56.0 cm³/mol. The van der Waals surface area contributed by atoms with Crippen LogP contribution in [0.5, 0.6) is 0 Å². The number of pyridine rings is 1. The Morgan fingerprint density at radius 3 is 2.64 bits per heavy atom. The number of aromatic nitrogens is 1. The van der Waals surface area contributed by atoms with Crippen molar-refractivity contribution in [2.75, 3.05) is 5.32 Å². The first kappa shape index (κ1) is 11.3. The minimum Gasteiger partial charge on any atom is -0.368 e. The van der Waals surface area contributed by atoms with Crippen LogP contribution in [0.1, 0.15) is 13.8 Å². The summed E-state index contributed by atoms with van der Waals surface area (Å²) in [5.74, 6) is 0.502. The van der Waals surface area contributed by atoms with Gasteiger partial charge in [0.25, 0.3) is 9.05 Å². The first-order valence-corrected chi connectivity index (χ1v) is 6.38. The zero-order valence-corrected chi connectivity index (χ0v) is 9.43. The van der Waals surface area contributed by atoms with Gasteiger partial charge < -0.3 is 5.32 Å². The summed E-state index contributed by atoms with van der Waals surface area (Å²) < 4.78 is 22.0. The van der Waals surface area contributed by atoms with Gasteiger partial charge in [0, 0.05) is 29.0 Å². The second-order valence-corrected chi connectivity index (χ2v) is 5.68. The average Bonchev–Trinajstić information content (AvgIpc) is 2.01. The van der Waals surface area contributed by atoms with Gasteiger partial charge in [-0.05, 0) is 19.9 Å². The number of hydrogen-bond donors (Lipinski definition) is 1. The molecule has 1 heterocycles.